The fourth-order valence-electron chi connectivity index (χ4n) is 2.64. The van der Waals surface area contributed by atoms with E-state index in [1.165, 1.54) is 0 Å². The van der Waals surface area contributed by atoms with Crippen LogP contribution >= 0.6 is 0 Å². The summed E-state index contributed by atoms with van der Waals surface area (Å²) in [4.78, 5) is 28.5. The molecule has 3 amide bonds. The number of urea groups is 1. The first kappa shape index (κ1) is 18.1. The van der Waals surface area contributed by atoms with Gasteiger partial charge in [0.05, 0.1) is 7.11 Å². The van der Waals surface area contributed by atoms with E-state index in [1.807, 2.05) is 25.7 Å². The van der Waals surface area contributed by atoms with Gasteiger partial charge in [0, 0.05) is 37.3 Å². The molecule has 0 saturated carbocycles. The lowest BCUT2D eigenvalue weighted by atomic mass is 10.1. The summed E-state index contributed by atoms with van der Waals surface area (Å²) in [6.07, 6.45) is 0.777. The molecule has 0 spiro atoms. The lowest BCUT2D eigenvalue weighted by molar-refractivity contribution is 0.0762. The first-order valence-corrected chi connectivity index (χ1v) is 8.30. The maximum atomic E-state index is 12.6. The number of nitrogens with one attached hydrogen (secondary N) is 1. The average molecular weight is 333 g/mol. The molecule has 132 valence electrons. The Bertz CT molecular complexity index is 578. The molecule has 1 aliphatic rings. The van der Waals surface area contributed by atoms with Gasteiger partial charge in [0.15, 0.2) is 0 Å². The van der Waals surface area contributed by atoms with Gasteiger partial charge < -0.3 is 19.9 Å². The summed E-state index contributed by atoms with van der Waals surface area (Å²) < 4.78 is 5.12. The normalized spacial score (nSPS) is 15.7. The zero-order valence-corrected chi connectivity index (χ0v) is 15.0. The third-order valence-corrected chi connectivity index (χ3v) is 3.89. The maximum Gasteiger partial charge on any atom is 0.317 e. The molecule has 1 N–H and O–H groups in total. The summed E-state index contributed by atoms with van der Waals surface area (Å²) in [5.41, 5.74) is 0.380. The van der Waals surface area contributed by atoms with E-state index in [2.05, 4.69) is 5.32 Å². The molecule has 2 rings (SSSR count). The third kappa shape index (κ3) is 4.88. The van der Waals surface area contributed by atoms with Gasteiger partial charge in [-0.05, 0) is 51.5 Å². The monoisotopic (exact) mass is 333 g/mol. The fraction of sp³-hybridized carbons (Fsp3) is 0.556. The van der Waals surface area contributed by atoms with Crippen molar-refractivity contribution in [3.8, 4) is 5.75 Å². The number of amides is 3. The first-order valence-electron chi connectivity index (χ1n) is 8.30. The Morgan fingerprint density at radius 2 is 1.58 bits per heavy atom. The van der Waals surface area contributed by atoms with Gasteiger partial charge >= 0.3 is 6.03 Å². The molecular weight excluding hydrogens is 306 g/mol. The fourth-order valence-corrected chi connectivity index (χ4v) is 2.64. The number of carbonyl (C=O) groups is 2. The van der Waals surface area contributed by atoms with Crippen molar-refractivity contribution >= 4 is 11.9 Å². The zero-order chi connectivity index (χ0) is 17.7. The Hall–Kier alpha value is -2.24. The highest BCUT2D eigenvalue weighted by atomic mass is 16.5. The minimum absolute atomic E-state index is 0.00395. The van der Waals surface area contributed by atoms with Crippen LogP contribution in [0.3, 0.4) is 0 Å². The summed E-state index contributed by atoms with van der Waals surface area (Å²) in [5, 5.41) is 2.97. The van der Waals surface area contributed by atoms with E-state index in [0.717, 1.165) is 12.2 Å². The van der Waals surface area contributed by atoms with Crippen LogP contribution in [0, 0.1) is 0 Å². The van der Waals surface area contributed by atoms with Crippen LogP contribution in [0.2, 0.25) is 0 Å². The molecule has 6 nitrogen and oxygen atoms in total. The summed E-state index contributed by atoms with van der Waals surface area (Å²) >= 11 is 0. The van der Waals surface area contributed by atoms with E-state index < -0.39 is 0 Å². The second-order valence-corrected chi connectivity index (χ2v) is 7.04. The lowest BCUT2D eigenvalue weighted by Gasteiger charge is -2.27. The van der Waals surface area contributed by atoms with Crippen LogP contribution < -0.4 is 10.1 Å². The van der Waals surface area contributed by atoms with Gasteiger partial charge in [-0.3, -0.25) is 4.79 Å². The molecule has 6 heteroatoms. The van der Waals surface area contributed by atoms with Gasteiger partial charge in [0.2, 0.25) is 0 Å². The summed E-state index contributed by atoms with van der Waals surface area (Å²) in [6.45, 7) is 8.29. The van der Waals surface area contributed by atoms with Gasteiger partial charge in [-0.1, -0.05) is 0 Å². The highest BCUT2D eigenvalue weighted by Crippen LogP contribution is 2.14. The number of carbonyl (C=O) groups excluding carboxylic acids is 2. The van der Waals surface area contributed by atoms with Crippen LogP contribution in [0.15, 0.2) is 24.3 Å². The van der Waals surface area contributed by atoms with E-state index in [9.17, 15) is 9.59 Å². The molecule has 1 saturated heterocycles. The predicted octanol–water partition coefficient (Wildman–Crippen LogP) is 2.35. The molecule has 1 fully saturated rings. The van der Waals surface area contributed by atoms with Gasteiger partial charge in [-0.2, -0.15) is 0 Å². The van der Waals surface area contributed by atoms with Crippen LogP contribution in [0.5, 0.6) is 5.75 Å². The van der Waals surface area contributed by atoms with Gasteiger partial charge in [0.1, 0.15) is 5.75 Å². The molecule has 1 heterocycles. The maximum absolute atomic E-state index is 12.6. The number of rotatable bonds is 2. The van der Waals surface area contributed by atoms with Crippen molar-refractivity contribution in [3.05, 3.63) is 29.8 Å². The Morgan fingerprint density at radius 1 is 1.00 bits per heavy atom. The van der Waals surface area contributed by atoms with Gasteiger partial charge in [0.25, 0.3) is 5.91 Å². The number of ether oxygens (including phenoxy) is 1. The summed E-state index contributed by atoms with van der Waals surface area (Å²) in [6, 6.07) is 7.05. The highest BCUT2D eigenvalue weighted by Gasteiger charge is 2.24. The number of benzene rings is 1. The molecular formula is C18H27N3O3. The first-order chi connectivity index (χ1) is 11.3. The quantitative estimate of drug-likeness (QED) is 0.904. The molecule has 0 radical (unpaired) electrons. The van der Waals surface area contributed by atoms with Crippen molar-refractivity contribution in [2.24, 2.45) is 0 Å². The average Bonchev–Trinajstić information content (AvgIpc) is 2.79. The Balaban J connectivity index is 1.96. The van der Waals surface area contributed by atoms with Gasteiger partial charge in [-0.15, -0.1) is 0 Å². The minimum Gasteiger partial charge on any atom is -0.497 e. The van der Waals surface area contributed by atoms with Crippen molar-refractivity contribution in [2.75, 3.05) is 33.3 Å². The molecule has 0 atom stereocenters. The lowest BCUT2D eigenvalue weighted by Crippen LogP contribution is -2.49. The van der Waals surface area contributed by atoms with Crippen molar-refractivity contribution in [2.45, 2.75) is 32.7 Å². The number of hydrogen-bond donors (Lipinski definition) is 1. The van der Waals surface area contributed by atoms with Gasteiger partial charge in [-0.25, -0.2) is 4.79 Å². The number of nitrogens with zero attached hydrogens (tertiary/aromatic N) is 2. The van der Waals surface area contributed by atoms with Crippen LogP contribution in [0.25, 0.3) is 0 Å². The molecule has 1 aromatic carbocycles. The van der Waals surface area contributed by atoms with Crippen molar-refractivity contribution in [1.29, 1.82) is 0 Å². The van der Waals surface area contributed by atoms with Crippen LogP contribution in [0.4, 0.5) is 4.79 Å². The Labute approximate surface area is 143 Å². The van der Waals surface area contributed by atoms with Crippen LogP contribution in [0.1, 0.15) is 37.6 Å². The molecule has 24 heavy (non-hydrogen) atoms. The van der Waals surface area contributed by atoms with E-state index in [4.69, 9.17) is 4.74 Å². The smallest absolute Gasteiger partial charge is 0.317 e. The number of hydrogen-bond acceptors (Lipinski definition) is 3. The van der Waals surface area contributed by atoms with Crippen LogP contribution in [-0.2, 0) is 0 Å². The SMILES string of the molecule is COc1ccc(C(=O)N2CCCN(C(=O)NC(C)(C)C)CC2)cc1. The molecule has 0 aliphatic carbocycles. The highest BCUT2D eigenvalue weighted by molar-refractivity contribution is 5.94. The zero-order valence-electron chi connectivity index (χ0n) is 15.0. The van der Waals surface area contributed by atoms with E-state index in [-0.39, 0.29) is 17.5 Å². The second-order valence-electron chi connectivity index (χ2n) is 7.04. The minimum atomic E-state index is -0.262. The topological polar surface area (TPSA) is 61.9 Å². The molecule has 0 aromatic heterocycles. The Morgan fingerprint density at radius 3 is 2.17 bits per heavy atom. The van der Waals surface area contributed by atoms with E-state index in [0.29, 0.717) is 31.7 Å². The third-order valence-electron chi connectivity index (χ3n) is 3.89. The van der Waals surface area contributed by atoms with E-state index >= 15 is 0 Å². The van der Waals surface area contributed by atoms with Crippen LogP contribution in [-0.4, -0.2) is 60.6 Å². The van der Waals surface area contributed by atoms with E-state index in [1.54, 1.807) is 36.3 Å². The molecule has 0 bridgehead atoms. The summed E-state index contributed by atoms with van der Waals surface area (Å²) in [7, 11) is 1.60. The Kier molecular flexibility index (Phi) is 5.70. The van der Waals surface area contributed by atoms with Crippen molar-refractivity contribution in [3.63, 3.8) is 0 Å². The number of methoxy groups -OCH3 is 1. The molecule has 1 aromatic rings. The summed E-state index contributed by atoms with van der Waals surface area (Å²) in [5.74, 6) is 0.725. The largest absolute Gasteiger partial charge is 0.497 e. The molecule has 1 aliphatic heterocycles. The van der Waals surface area contributed by atoms with Crippen molar-refractivity contribution < 1.29 is 14.3 Å². The second kappa shape index (κ2) is 7.55. The predicted molar refractivity (Wildman–Crippen MR) is 93.4 cm³/mol. The standard InChI is InChI=1S/C18H27N3O3/c1-18(2,3)19-17(23)21-11-5-10-20(12-13-21)16(22)14-6-8-15(24-4)9-7-14/h6-9H,5,10-13H2,1-4H3,(H,19,23). The molecule has 0 unspecified atom stereocenters. The van der Waals surface area contributed by atoms with Crippen molar-refractivity contribution in [1.82, 2.24) is 15.1 Å².